The highest BCUT2D eigenvalue weighted by Crippen LogP contribution is 2.21. The van der Waals surface area contributed by atoms with Gasteiger partial charge in [0.05, 0.1) is 17.2 Å². The molecule has 8 heteroatoms. The van der Waals surface area contributed by atoms with Crippen LogP contribution in [-0.4, -0.2) is 65.4 Å². The standard InChI is InChI=1S/C24H33N5O2S/c1-18-25-22(17-32-18)15-28-11-7-19(8-12-28)24(31)27-21-9-13-29(14-10-21)16-23(30)26-20-5-3-2-4-6-20/h2-6,17,19,21H,7-16H2,1H3,(H,26,30)(H,27,31). The summed E-state index contributed by atoms with van der Waals surface area (Å²) in [4.78, 5) is 34.2. The molecule has 2 amide bonds. The second kappa shape index (κ2) is 11.0. The van der Waals surface area contributed by atoms with Crippen LogP contribution in [-0.2, 0) is 16.1 Å². The number of para-hydroxylation sites is 1. The Morgan fingerprint density at radius 3 is 2.38 bits per heavy atom. The summed E-state index contributed by atoms with van der Waals surface area (Å²) in [6.45, 7) is 6.88. The first-order valence-electron chi connectivity index (χ1n) is 11.6. The summed E-state index contributed by atoms with van der Waals surface area (Å²) < 4.78 is 0. The zero-order valence-corrected chi connectivity index (χ0v) is 19.6. The first-order chi connectivity index (χ1) is 15.5. The van der Waals surface area contributed by atoms with E-state index < -0.39 is 0 Å². The average molecular weight is 456 g/mol. The number of rotatable bonds is 7. The summed E-state index contributed by atoms with van der Waals surface area (Å²) in [6, 6.07) is 9.76. The Bertz CT molecular complexity index is 887. The number of carbonyl (C=O) groups is 2. The fourth-order valence-electron chi connectivity index (χ4n) is 4.54. The summed E-state index contributed by atoms with van der Waals surface area (Å²) in [5.41, 5.74) is 1.96. The number of likely N-dealkylation sites (tertiary alicyclic amines) is 2. The molecule has 0 bridgehead atoms. The van der Waals surface area contributed by atoms with E-state index in [0.717, 1.165) is 74.8 Å². The number of hydrogen-bond donors (Lipinski definition) is 2. The molecule has 0 radical (unpaired) electrons. The fraction of sp³-hybridized carbons (Fsp3) is 0.542. The summed E-state index contributed by atoms with van der Waals surface area (Å²) >= 11 is 1.69. The van der Waals surface area contributed by atoms with Crippen molar-refractivity contribution >= 4 is 28.8 Å². The van der Waals surface area contributed by atoms with Crippen molar-refractivity contribution in [3.8, 4) is 0 Å². The summed E-state index contributed by atoms with van der Waals surface area (Å²) in [7, 11) is 0. The molecule has 0 unspecified atom stereocenters. The van der Waals surface area contributed by atoms with E-state index in [2.05, 4.69) is 30.8 Å². The van der Waals surface area contributed by atoms with Gasteiger partial charge in [0.2, 0.25) is 11.8 Å². The van der Waals surface area contributed by atoms with Crippen molar-refractivity contribution in [3.63, 3.8) is 0 Å². The van der Waals surface area contributed by atoms with Gasteiger partial charge in [-0.25, -0.2) is 4.98 Å². The van der Waals surface area contributed by atoms with Gasteiger partial charge in [0.25, 0.3) is 0 Å². The zero-order valence-electron chi connectivity index (χ0n) is 18.8. The van der Waals surface area contributed by atoms with E-state index in [9.17, 15) is 9.59 Å². The molecule has 2 aliphatic rings. The summed E-state index contributed by atoms with van der Waals surface area (Å²) in [6.07, 6.45) is 3.61. The Morgan fingerprint density at radius 2 is 1.72 bits per heavy atom. The number of thiazole rings is 1. The van der Waals surface area contributed by atoms with Gasteiger partial charge in [0.1, 0.15) is 0 Å². The highest BCUT2D eigenvalue weighted by Gasteiger charge is 2.28. The monoisotopic (exact) mass is 455 g/mol. The van der Waals surface area contributed by atoms with Crippen LogP contribution in [0.3, 0.4) is 0 Å². The third-order valence-corrected chi connectivity index (χ3v) is 7.19. The summed E-state index contributed by atoms with van der Waals surface area (Å²) in [5, 5.41) is 9.45. The lowest BCUT2D eigenvalue weighted by Gasteiger charge is -2.34. The van der Waals surface area contributed by atoms with Crippen molar-refractivity contribution < 1.29 is 9.59 Å². The first-order valence-corrected chi connectivity index (χ1v) is 12.4. The van der Waals surface area contributed by atoms with Gasteiger partial charge in [-0.15, -0.1) is 11.3 Å². The maximum atomic E-state index is 12.8. The smallest absolute Gasteiger partial charge is 0.238 e. The number of amides is 2. The van der Waals surface area contributed by atoms with Gasteiger partial charge in [-0.2, -0.15) is 0 Å². The fourth-order valence-corrected chi connectivity index (χ4v) is 5.15. The molecule has 0 aliphatic carbocycles. The number of nitrogens with zero attached hydrogens (tertiary/aromatic N) is 3. The van der Waals surface area contributed by atoms with E-state index in [-0.39, 0.29) is 23.8 Å². The lowest BCUT2D eigenvalue weighted by Crippen LogP contribution is -2.49. The number of hydrogen-bond acceptors (Lipinski definition) is 6. The molecular weight excluding hydrogens is 422 g/mol. The van der Waals surface area contributed by atoms with Gasteiger partial charge < -0.3 is 10.6 Å². The van der Waals surface area contributed by atoms with Crippen LogP contribution in [0.15, 0.2) is 35.7 Å². The normalized spacial score (nSPS) is 19.0. The highest BCUT2D eigenvalue weighted by atomic mass is 32.1. The number of anilines is 1. The van der Waals surface area contributed by atoms with E-state index in [1.165, 1.54) is 0 Å². The SMILES string of the molecule is Cc1nc(CN2CCC(C(=O)NC3CCN(CC(=O)Nc4ccccc4)CC3)CC2)cs1. The van der Waals surface area contributed by atoms with E-state index >= 15 is 0 Å². The van der Waals surface area contributed by atoms with Gasteiger partial charge in [0.15, 0.2) is 0 Å². The molecular formula is C24H33N5O2S. The Morgan fingerprint density at radius 1 is 1.03 bits per heavy atom. The Balaban J connectivity index is 1.13. The van der Waals surface area contributed by atoms with Crippen LogP contribution < -0.4 is 10.6 Å². The molecule has 0 atom stereocenters. The van der Waals surface area contributed by atoms with Crippen LogP contribution in [0, 0.1) is 12.8 Å². The number of benzene rings is 1. The lowest BCUT2D eigenvalue weighted by molar-refractivity contribution is -0.127. The largest absolute Gasteiger partial charge is 0.353 e. The lowest BCUT2D eigenvalue weighted by atomic mass is 9.94. The van der Waals surface area contributed by atoms with Crippen molar-refractivity contribution in [2.24, 2.45) is 5.92 Å². The van der Waals surface area contributed by atoms with Crippen LogP contribution in [0.1, 0.15) is 36.4 Å². The minimum absolute atomic E-state index is 0.0123. The number of nitrogens with one attached hydrogen (secondary N) is 2. The minimum atomic E-state index is 0.0123. The van der Waals surface area contributed by atoms with Crippen LogP contribution in [0.2, 0.25) is 0 Å². The molecule has 2 aliphatic heterocycles. The predicted molar refractivity (Wildman–Crippen MR) is 128 cm³/mol. The average Bonchev–Trinajstić information content (AvgIpc) is 3.20. The molecule has 2 fully saturated rings. The third kappa shape index (κ3) is 6.60. The molecule has 4 rings (SSSR count). The second-order valence-electron chi connectivity index (χ2n) is 8.88. The van der Waals surface area contributed by atoms with Crippen LogP contribution in [0.25, 0.3) is 0 Å². The predicted octanol–water partition coefficient (Wildman–Crippen LogP) is 2.88. The third-order valence-electron chi connectivity index (χ3n) is 6.37. The molecule has 0 saturated carbocycles. The van der Waals surface area contributed by atoms with Crippen LogP contribution in [0.5, 0.6) is 0 Å². The Hall–Kier alpha value is -2.29. The number of piperidine rings is 2. The van der Waals surface area contributed by atoms with Crippen LogP contribution in [0.4, 0.5) is 5.69 Å². The van der Waals surface area contributed by atoms with Crippen molar-refractivity contribution in [1.82, 2.24) is 20.1 Å². The molecule has 2 N–H and O–H groups in total. The van der Waals surface area contributed by atoms with Gasteiger partial charge in [-0.1, -0.05) is 18.2 Å². The Labute approximate surface area is 194 Å². The minimum Gasteiger partial charge on any atom is -0.353 e. The van der Waals surface area contributed by atoms with Gasteiger partial charge in [0, 0.05) is 42.7 Å². The van der Waals surface area contributed by atoms with Crippen molar-refractivity contribution in [3.05, 3.63) is 46.4 Å². The molecule has 3 heterocycles. The second-order valence-corrected chi connectivity index (χ2v) is 9.94. The van der Waals surface area contributed by atoms with Crippen molar-refractivity contribution in [2.75, 3.05) is 38.0 Å². The van der Waals surface area contributed by atoms with Gasteiger partial charge >= 0.3 is 0 Å². The number of aromatic nitrogens is 1. The molecule has 1 aromatic heterocycles. The topological polar surface area (TPSA) is 77.6 Å². The number of aryl methyl sites for hydroxylation is 1. The first kappa shape index (κ1) is 22.9. The van der Waals surface area contributed by atoms with E-state index in [0.29, 0.717) is 6.54 Å². The van der Waals surface area contributed by atoms with Crippen molar-refractivity contribution in [1.29, 1.82) is 0 Å². The quantitative estimate of drug-likeness (QED) is 0.671. The number of carbonyl (C=O) groups excluding carboxylic acids is 2. The van der Waals surface area contributed by atoms with E-state index in [4.69, 9.17) is 0 Å². The maximum Gasteiger partial charge on any atom is 0.238 e. The zero-order chi connectivity index (χ0) is 22.3. The molecule has 0 spiro atoms. The molecule has 1 aromatic carbocycles. The molecule has 2 saturated heterocycles. The Kier molecular flexibility index (Phi) is 7.89. The molecule has 7 nitrogen and oxygen atoms in total. The molecule has 172 valence electrons. The summed E-state index contributed by atoms with van der Waals surface area (Å²) in [5.74, 6) is 0.325. The van der Waals surface area contributed by atoms with E-state index in [1.54, 1.807) is 11.3 Å². The van der Waals surface area contributed by atoms with Gasteiger partial charge in [-0.3, -0.25) is 19.4 Å². The van der Waals surface area contributed by atoms with E-state index in [1.807, 2.05) is 37.3 Å². The maximum absolute atomic E-state index is 12.8. The van der Waals surface area contributed by atoms with Crippen molar-refractivity contribution in [2.45, 2.75) is 45.2 Å². The molecule has 2 aromatic rings. The van der Waals surface area contributed by atoms with Gasteiger partial charge in [-0.05, 0) is 57.8 Å². The van der Waals surface area contributed by atoms with Crippen LogP contribution >= 0.6 is 11.3 Å². The molecule has 32 heavy (non-hydrogen) atoms. The highest BCUT2D eigenvalue weighted by molar-refractivity contribution is 7.09.